The van der Waals surface area contributed by atoms with E-state index in [9.17, 15) is 8.42 Å². The van der Waals surface area contributed by atoms with Crippen molar-refractivity contribution >= 4 is 10.0 Å². The van der Waals surface area contributed by atoms with Crippen LogP contribution in [0.2, 0.25) is 0 Å². The number of pyridine rings is 1. The molecule has 0 saturated heterocycles. The lowest BCUT2D eigenvalue weighted by molar-refractivity contribution is 0.535. The van der Waals surface area contributed by atoms with Crippen molar-refractivity contribution in [2.75, 3.05) is 6.54 Å². The lowest BCUT2D eigenvalue weighted by Gasteiger charge is -2.12. The maximum absolute atomic E-state index is 12.3. The summed E-state index contributed by atoms with van der Waals surface area (Å²) in [5.74, 6) is 0.595. The van der Waals surface area contributed by atoms with E-state index >= 15 is 0 Å². The average molecular weight is 311 g/mol. The number of hydrogen-bond donors (Lipinski definition) is 2. The Morgan fingerprint density at radius 2 is 2.14 bits per heavy atom. The molecule has 1 aliphatic carbocycles. The molecule has 0 aromatic carbocycles. The molecule has 5 nitrogen and oxygen atoms in total. The molecule has 0 radical (unpaired) electrons. The first-order chi connectivity index (χ1) is 10.0. The Hall–Kier alpha value is -0.980. The largest absolute Gasteiger partial charge is 0.313 e. The summed E-state index contributed by atoms with van der Waals surface area (Å²) in [6, 6.07) is 3.46. The number of nitrogens with zero attached hydrogens (tertiary/aromatic N) is 1. The first kappa shape index (κ1) is 16.4. The summed E-state index contributed by atoms with van der Waals surface area (Å²) in [4.78, 5) is 4.10. The minimum Gasteiger partial charge on any atom is -0.313 e. The molecule has 6 heteroatoms. The molecule has 2 unspecified atom stereocenters. The van der Waals surface area contributed by atoms with Gasteiger partial charge in [-0.05, 0) is 49.8 Å². The van der Waals surface area contributed by atoms with E-state index in [4.69, 9.17) is 0 Å². The fourth-order valence-corrected chi connectivity index (χ4v) is 3.89. The van der Waals surface area contributed by atoms with Gasteiger partial charge in [0.15, 0.2) is 5.03 Å². The number of hydrogen-bond acceptors (Lipinski definition) is 4. The predicted molar refractivity (Wildman–Crippen MR) is 83.4 cm³/mol. The maximum Gasteiger partial charge on any atom is 0.258 e. The van der Waals surface area contributed by atoms with Crippen LogP contribution in [0.4, 0.5) is 0 Å². The van der Waals surface area contributed by atoms with Crippen molar-refractivity contribution in [3.8, 4) is 0 Å². The van der Waals surface area contributed by atoms with Crippen LogP contribution in [-0.4, -0.2) is 26.0 Å². The Morgan fingerprint density at radius 1 is 1.33 bits per heavy atom. The molecule has 2 N–H and O–H groups in total. The summed E-state index contributed by atoms with van der Waals surface area (Å²) in [7, 11) is -3.49. The average Bonchev–Trinajstić information content (AvgIpc) is 2.84. The Kier molecular flexibility index (Phi) is 5.72. The van der Waals surface area contributed by atoms with Crippen molar-refractivity contribution in [1.29, 1.82) is 0 Å². The van der Waals surface area contributed by atoms with Gasteiger partial charge in [0.25, 0.3) is 10.0 Å². The van der Waals surface area contributed by atoms with Gasteiger partial charge in [-0.3, -0.25) is 0 Å². The van der Waals surface area contributed by atoms with Crippen molar-refractivity contribution in [3.63, 3.8) is 0 Å². The second-order valence-corrected chi connectivity index (χ2v) is 7.58. The highest BCUT2D eigenvalue weighted by molar-refractivity contribution is 7.89. The maximum atomic E-state index is 12.3. The standard InChI is InChI=1S/C15H25N3O2S/c1-3-8-16-10-13-5-7-15(17-11-13)21(19,20)18-14-6-4-12(2)9-14/h5,7,11-12,14,16,18H,3-4,6,8-10H2,1-2H3. The molecule has 1 saturated carbocycles. The van der Waals surface area contributed by atoms with Crippen LogP contribution in [0.3, 0.4) is 0 Å². The van der Waals surface area contributed by atoms with Crippen molar-refractivity contribution in [2.24, 2.45) is 5.92 Å². The molecule has 2 atom stereocenters. The Morgan fingerprint density at radius 3 is 2.71 bits per heavy atom. The van der Waals surface area contributed by atoms with Gasteiger partial charge in [-0.15, -0.1) is 0 Å². The van der Waals surface area contributed by atoms with Gasteiger partial charge in [-0.2, -0.15) is 0 Å². The molecular formula is C15H25N3O2S. The molecule has 21 heavy (non-hydrogen) atoms. The number of nitrogens with one attached hydrogen (secondary N) is 2. The second kappa shape index (κ2) is 7.33. The SMILES string of the molecule is CCCNCc1ccc(S(=O)(=O)NC2CCC(C)C2)nc1. The van der Waals surface area contributed by atoms with Gasteiger partial charge in [0.2, 0.25) is 0 Å². The number of aromatic nitrogens is 1. The van der Waals surface area contributed by atoms with Crippen LogP contribution in [0.15, 0.2) is 23.4 Å². The summed E-state index contributed by atoms with van der Waals surface area (Å²) < 4.78 is 27.3. The summed E-state index contributed by atoms with van der Waals surface area (Å²) >= 11 is 0. The smallest absolute Gasteiger partial charge is 0.258 e. The van der Waals surface area contributed by atoms with Gasteiger partial charge in [0.1, 0.15) is 0 Å². The normalized spacial score (nSPS) is 22.6. The van der Waals surface area contributed by atoms with Crippen LogP contribution < -0.4 is 10.0 Å². The van der Waals surface area contributed by atoms with E-state index in [1.165, 1.54) is 0 Å². The van der Waals surface area contributed by atoms with E-state index in [0.29, 0.717) is 12.5 Å². The van der Waals surface area contributed by atoms with Crippen molar-refractivity contribution in [1.82, 2.24) is 15.0 Å². The van der Waals surface area contributed by atoms with E-state index in [1.807, 2.05) is 6.07 Å². The molecule has 0 aliphatic heterocycles. The zero-order chi connectivity index (χ0) is 15.3. The third kappa shape index (κ3) is 4.76. The van der Waals surface area contributed by atoms with Gasteiger partial charge < -0.3 is 5.32 Å². The van der Waals surface area contributed by atoms with Crippen LogP contribution >= 0.6 is 0 Å². The van der Waals surface area contributed by atoms with Crippen molar-refractivity contribution in [2.45, 2.75) is 57.1 Å². The Labute approximate surface area is 127 Å². The molecule has 118 valence electrons. The zero-order valence-corrected chi connectivity index (χ0v) is 13.6. The topological polar surface area (TPSA) is 71.1 Å². The summed E-state index contributed by atoms with van der Waals surface area (Å²) in [6.07, 6.45) is 5.62. The molecule has 1 aromatic rings. The fourth-order valence-electron chi connectivity index (χ4n) is 2.68. The van der Waals surface area contributed by atoms with Crippen LogP contribution in [-0.2, 0) is 16.6 Å². The molecule has 1 aliphatic rings. The van der Waals surface area contributed by atoms with Crippen LogP contribution in [0.1, 0.15) is 45.1 Å². The molecule has 0 bridgehead atoms. The van der Waals surface area contributed by atoms with Crippen LogP contribution in [0, 0.1) is 5.92 Å². The molecule has 1 heterocycles. The molecule has 1 fully saturated rings. The van der Waals surface area contributed by atoms with Crippen molar-refractivity contribution < 1.29 is 8.42 Å². The van der Waals surface area contributed by atoms with E-state index < -0.39 is 10.0 Å². The Balaban J connectivity index is 1.96. The third-order valence-corrected chi connectivity index (χ3v) is 5.28. The molecule has 2 rings (SSSR count). The highest BCUT2D eigenvalue weighted by Crippen LogP contribution is 2.25. The number of sulfonamides is 1. The fraction of sp³-hybridized carbons (Fsp3) is 0.667. The van der Waals surface area contributed by atoms with Crippen LogP contribution in [0.5, 0.6) is 0 Å². The monoisotopic (exact) mass is 311 g/mol. The first-order valence-corrected chi connectivity index (χ1v) is 9.17. The minimum atomic E-state index is -3.49. The van der Waals surface area contributed by atoms with E-state index in [2.05, 4.69) is 28.9 Å². The first-order valence-electron chi connectivity index (χ1n) is 7.69. The zero-order valence-electron chi connectivity index (χ0n) is 12.8. The van der Waals surface area contributed by atoms with Crippen molar-refractivity contribution in [3.05, 3.63) is 23.9 Å². The Bertz CT molecular complexity index is 543. The highest BCUT2D eigenvalue weighted by atomic mass is 32.2. The van der Waals surface area contributed by atoms with Gasteiger partial charge in [-0.25, -0.2) is 18.1 Å². The molecule has 0 amide bonds. The quantitative estimate of drug-likeness (QED) is 0.756. The third-order valence-electron chi connectivity index (χ3n) is 3.85. The minimum absolute atomic E-state index is 0.0534. The second-order valence-electron chi connectivity index (χ2n) is 5.92. The van der Waals surface area contributed by atoms with E-state index in [-0.39, 0.29) is 11.1 Å². The number of rotatable bonds is 7. The predicted octanol–water partition coefficient (Wildman–Crippen LogP) is 2.05. The van der Waals surface area contributed by atoms with Gasteiger partial charge in [0, 0.05) is 18.8 Å². The van der Waals surface area contributed by atoms with Gasteiger partial charge >= 0.3 is 0 Å². The summed E-state index contributed by atoms with van der Waals surface area (Å²) in [6.45, 7) is 5.93. The van der Waals surface area contributed by atoms with Gasteiger partial charge in [-0.1, -0.05) is 19.9 Å². The highest BCUT2D eigenvalue weighted by Gasteiger charge is 2.27. The molecular weight excluding hydrogens is 286 g/mol. The van der Waals surface area contributed by atoms with Crippen LogP contribution in [0.25, 0.3) is 0 Å². The molecule has 0 spiro atoms. The lowest BCUT2D eigenvalue weighted by atomic mass is 10.1. The van der Waals surface area contributed by atoms with E-state index in [0.717, 1.165) is 37.8 Å². The molecule has 1 aromatic heterocycles. The summed E-state index contributed by atoms with van der Waals surface area (Å²) in [5, 5.41) is 3.38. The lowest BCUT2D eigenvalue weighted by Crippen LogP contribution is -2.33. The van der Waals surface area contributed by atoms with E-state index in [1.54, 1.807) is 12.3 Å². The summed E-state index contributed by atoms with van der Waals surface area (Å²) in [5.41, 5.74) is 0.997. The van der Waals surface area contributed by atoms with Gasteiger partial charge in [0.05, 0.1) is 0 Å².